The van der Waals surface area contributed by atoms with E-state index in [1.165, 1.54) is 31.5 Å². The molecule has 1 N–H and O–H groups in total. The molecule has 4 rings (SSSR count). The van der Waals surface area contributed by atoms with Gasteiger partial charge in [0.25, 0.3) is 11.8 Å². The Kier molecular flexibility index (Phi) is 9.85. The Morgan fingerprint density at radius 1 is 1.19 bits per heavy atom. The number of amides is 1. The molecule has 1 saturated heterocycles. The predicted octanol–water partition coefficient (Wildman–Crippen LogP) is 6.65. The number of hydrogen-bond donors (Lipinski definition) is 1. The number of benzene rings is 1. The third kappa shape index (κ3) is 7.66. The fourth-order valence-corrected chi connectivity index (χ4v) is 5.59. The zero-order valence-corrected chi connectivity index (χ0v) is 24.9. The van der Waals surface area contributed by atoms with Gasteiger partial charge < -0.3 is 15.0 Å². The fraction of sp³-hybridized carbons (Fsp3) is 0.469. The number of nitrogens with zero attached hydrogens (tertiary/aromatic N) is 4. The number of esters is 1. The highest BCUT2D eigenvalue weighted by Gasteiger charge is 2.30. The van der Waals surface area contributed by atoms with Crippen LogP contribution in [0.15, 0.2) is 42.7 Å². The highest BCUT2D eigenvalue weighted by Crippen LogP contribution is 2.31. The van der Waals surface area contributed by atoms with E-state index in [4.69, 9.17) is 9.72 Å². The molecule has 1 aliphatic heterocycles. The van der Waals surface area contributed by atoms with Crippen LogP contribution in [0.4, 0.5) is 20.4 Å². The van der Waals surface area contributed by atoms with E-state index in [0.717, 1.165) is 62.3 Å². The molecule has 3 heterocycles. The SMILES string of the molecule is CCc1cnc(Nc2cc(C)cc(C(C)(F)F)c2)nc1CCC[C@@H]1CCN(C(=O)c2ccnc(C(=O)OC)c2)[C@H](C)C1. The second-order valence-corrected chi connectivity index (χ2v) is 11.2. The van der Waals surface area contributed by atoms with Crippen molar-refractivity contribution in [2.45, 2.75) is 78.2 Å². The van der Waals surface area contributed by atoms with E-state index >= 15 is 0 Å². The molecule has 1 amide bonds. The van der Waals surface area contributed by atoms with Crippen molar-refractivity contribution in [1.29, 1.82) is 0 Å². The number of aromatic nitrogens is 3. The van der Waals surface area contributed by atoms with Gasteiger partial charge in [0, 0.05) is 54.4 Å². The van der Waals surface area contributed by atoms with Gasteiger partial charge in [0.15, 0.2) is 0 Å². The Morgan fingerprint density at radius 2 is 1.98 bits per heavy atom. The van der Waals surface area contributed by atoms with Crippen molar-refractivity contribution in [1.82, 2.24) is 19.9 Å². The van der Waals surface area contributed by atoms with Gasteiger partial charge in [-0.2, -0.15) is 0 Å². The number of likely N-dealkylation sites (tertiary alicyclic amines) is 1. The average molecular weight is 580 g/mol. The summed E-state index contributed by atoms with van der Waals surface area (Å²) >= 11 is 0. The van der Waals surface area contributed by atoms with Crippen molar-refractivity contribution in [3.63, 3.8) is 0 Å². The van der Waals surface area contributed by atoms with E-state index in [1.54, 1.807) is 19.1 Å². The Bertz CT molecular complexity index is 1430. The number of carbonyl (C=O) groups is 2. The van der Waals surface area contributed by atoms with Crippen LogP contribution < -0.4 is 5.32 Å². The van der Waals surface area contributed by atoms with Crippen LogP contribution in [0.3, 0.4) is 0 Å². The maximum absolute atomic E-state index is 13.9. The second kappa shape index (κ2) is 13.4. The van der Waals surface area contributed by atoms with Crippen molar-refractivity contribution in [3.8, 4) is 0 Å². The molecule has 0 spiro atoms. The minimum Gasteiger partial charge on any atom is -0.464 e. The predicted molar refractivity (Wildman–Crippen MR) is 157 cm³/mol. The van der Waals surface area contributed by atoms with Crippen molar-refractivity contribution >= 4 is 23.5 Å². The van der Waals surface area contributed by atoms with Gasteiger partial charge in [0.05, 0.1) is 7.11 Å². The number of hydrogen-bond acceptors (Lipinski definition) is 7. The number of halogens is 2. The van der Waals surface area contributed by atoms with Crippen LogP contribution in [-0.2, 0) is 23.5 Å². The molecule has 8 nitrogen and oxygen atoms in total. The highest BCUT2D eigenvalue weighted by atomic mass is 19.3. The van der Waals surface area contributed by atoms with Crippen LogP contribution in [0.1, 0.15) is 89.7 Å². The zero-order chi connectivity index (χ0) is 30.4. The first-order chi connectivity index (χ1) is 20.0. The molecular formula is C32H39F2N5O3. The zero-order valence-electron chi connectivity index (χ0n) is 24.9. The third-order valence-corrected chi connectivity index (χ3v) is 7.85. The molecule has 3 aromatic rings. The number of carbonyl (C=O) groups excluding carboxylic acids is 2. The Labute approximate surface area is 245 Å². The molecule has 0 radical (unpaired) electrons. The summed E-state index contributed by atoms with van der Waals surface area (Å²) in [4.78, 5) is 40.1. The molecule has 42 heavy (non-hydrogen) atoms. The van der Waals surface area contributed by atoms with Crippen LogP contribution in [0.25, 0.3) is 0 Å². The van der Waals surface area contributed by atoms with Gasteiger partial charge in [-0.15, -0.1) is 0 Å². The van der Waals surface area contributed by atoms with Crippen LogP contribution in [0.2, 0.25) is 0 Å². The second-order valence-electron chi connectivity index (χ2n) is 11.2. The van der Waals surface area contributed by atoms with E-state index in [0.29, 0.717) is 29.7 Å². The lowest BCUT2D eigenvalue weighted by atomic mass is 9.87. The highest BCUT2D eigenvalue weighted by molar-refractivity contribution is 5.97. The van der Waals surface area contributed by atoms with Crippen LogP contribution in [-0.4, -0.2) is 51.4 Å². The van der Waals surface area contributed by atoms with Gasteiger partial charge in [-0.25, -0.2) is 28.5 Å². The van der Waals surface area contributed by atoms with Crippen molar-refractivity contribution in [3.05, 3.63) is 76.4 Å². The molecule has 10 heteroatoms. The number of methoxy groups -OCH3 is 1. The standard InChI is InChI=1S/C32H39F2N5O3/c1-6-23-19-36-31(37-26-15-20(2)14-25(18-26)32(4,33)34)38-27(23)9-7-8-22-11-13-39(21(3)16-22)29(40)24-10-12-35-28(17-24)30(41)42-5/h10,12,14-15,17-19,21-22H,6-9,11,13,16H2,1-5H3,(H,36,37,38)/t21-,22-/m1/s1. The van der Waals surface area contributed by atoms with Crippen molar-refractivity contribution < 1.29 is 23.1 Å². The minimum atomic E-state index is -2.94. The summed E-state index contributed by atoms with van der Waals surface area (Å²) in [7, 11) is 1.29. The maximum Gasteiger partial charge on any atom is 0.356 e. The number of anilines is 2. The molecule has 1 aromatic carbocycles. The molecular weight excluding hydrogens is 540 g/mol. The van der Waals surface area contributed by atoms with E-state index in [2.05, 4.69) is 29.1 Å². The van der Waals surface area contributed by atoms with E-state index in [9.17, 15) is 18.4 Å². The molecule has 2 aromatic heterocycles. The Hall–Kier alpha value is -3.95. The number of alkyl halides is 2. The lowest BCUT2D eigenvalue weighted by Crippen LogP contribution is -2.44. The molecule has 224 valence electrons. The number of aryl methyl sites for hydroxylation is 3. The summed E-state index contributed by atoms with van der Waals surface area (Å²) in [5.41, 5.74) is 3.80. The smallest absolute Gasteiger partial charge is 0.356 e. The van der Waals surface area contributed by atoms with Gasteiger partial charge in [-0.3, -0.25) is 4.79 Å². The first-order valence-electron chi connectivity index (χ1n) is 14.5. The monoisotopic (exact) mass is 579 g/mol. The molecule has 0 unspecified atom stereocenters. The Morgan fingerprint density at radius 3 is 2.67 bits per heavy atom. The van der Waals surface area contributed by atoms with E-state index in [1.807, 2.05) is 11.1 Å². The van der Waals surface area contributed by atoms with E-state index < -0.39 is 11.9 Å². The molecule has 2 atom stereocenters. The number of nitrogens with one attached hydrogen (secondary N) is 1. The first-order valence-corrected chi connectivity index (χ1v) is 14.5. The molecule has 0 saturated carbocycles. The van der Waals surface area contributed by atoms with Crippen LogP contribution in [0.5, 0.6) is 0 Å². The van der Waals surface area contributed by atoms with Gasteiger partial charge in [-0.05, 0) is 99.7 Å². The van der Waals surface area contributed by atoms with E-state index in [-0.39, 0.29) is 23.2 Å². The number of pyridine rings is 1. The molecule has 0 aliphatic carbocycles. The first kappa shape index (κ1) is 31.0. The van der Waals surface area contributed by atoms with Crippen molar-refractivity contribution in [2.24, 2.45) is 5.92 Å². The largest absolute Gasteiger partial charge is 0.464 e. The molecule has 0 bridgehead atoms. The topological polar surface area (TPSA) is 97.3 Å². The molecule has 1 aliphatic rings. The third-order valence-electron chi connectivity index (χ3n) is 7.85. The van der Waals surface area contributed by atoms with Crippen molar-refractivity contribution in [2.75, 3.05) is 19.0 Å². The fourth-order valence-electron chi connectivity index (χ4n) is 5.59. The summed E-state index contributed by atoms with van der Waals surface area (Å²) in [5, 5.41) is 3.11. The van der Waals surface area contributed by atoms with Gasteiger partial charge in [0.1, 0.15) is 5.69 Å². The lowest BCUT2D eigenvalue weighted by molar-refractivity contribution is 0.0174. The maximum atomic E-state index is 13.9. The normalized spacial score (nSPS) is 17.2. The van der Waals surface area contributed by atoms with Gasteiger partial charge >= 0.3 is 5.97 Å². The number of rotatable bonds is 10. The quantitative estimate of drug-likeness (QED) is 0.269. The van der Waals surface area contributed by atoms with Crippen LogP contribution >= 0.6 is 0 Å². The number of piperidine rings is 1. The molecule has 1 fully saturated rings. The summed E-state index contributed by atoms with van der Waals surface area (Å²) < 4.78 is 32.6. The summed E-state index contributed by atoms with van der Waals surface area (Å²) in [5.74, 6) is -2.73. The Balaban J connectivity index is 1.34. The van der Waals surface area contributed by atoms with Gasteiger partial charge in [-0.1, -0.05) is 6.92 Å². The van der Waals surface area contributed by atoms with Gasteiger partial charge in [0.2, 0.25) is 5.95 Å². The summed E-state index contributed by atoms with van der Waals surface area (Å²) in [6.07, 6.45) is 8.61. The average Bonchev–Trinajstić information content (AvgIpc) is 2.96. The van der Waals surface area contributed by atoms with Crippen LogP contribution in [0, 0.1) is 12.8 Å². The number of ether oxygens (including phenoxy) is 1. The summed E-state index contributed by atoms with van der Waals surface area (Å²) in [6.45, 7) is 7.46. The summed E-state index contributed by atoms with van der Waals surface area (Å²) in [6, 6.07) is 7.91. The minimum absolute atomic E-state index is 0.0518. The lowest BCUT2D eigenvalue weighted by Gasteiger charge is -2.38.